The van der Waals surface area contributed by atoms with E-state index in [9.17, 15) is 9.59 Å². The van der Waals surface area contributed by atoms with Crippen LogP contribution in [0.3, 0.4) is 0 Å². The van der Waals surface area contributed by atoms with E-state index in [4.69, 9.17) is 0 Å². The van der Waals surface area contributed by atoms with Gasteiger partial charge in [0.25, 0.3) is 0 Å². The molecule has 1 aliphatic carbocycles. The summed E-state index contributed by atoms with van der Waals surface area (Å²) in [5.41, 5.74) is 2.94. The first-order chi connectivity index (χ1) is 12.4. The molecule has 1 fully saturated rings. The first-order valence-corrected chi connectivity index (χ1v) is 9.72. The van der Waals surface area contributed by atoms with Crippen molar-refractivity contribution in [2.45, 2.75) is 58.9 Å². The van der Waals surface area contributed by atoms with E-state index in [1.807, 2.05) is 46.0 Å². The van der Waals surface area contributed by atoms with Gasteiger partial charge < -0.3 is 10.6 Å². The first-order valence-electron chi connectivity index (χ1n) is 9.72. The number of para-hydroxylation sites is 1. The SMILES string of the molecule is Cc1cccc(C)c1NC(=O)CN(C)[C@H](C)C(=O)NCC1CCCCC1. The summed E-state index contributed by atoms with van der Waals surface area (Å²) >= 11 is 0. The lowest BCUT2D eigenvalue weighted by atomic mass is 9.89. The van der Waals surface area contributed by atoms with Crippen molar-refractivity contribution in [3.05, 3.63) is 29.3 Å². The van der Waals surface area contributed by atoms with Gasteiger partial charge in [-0.3, -0.25) is 14.5 Å². The van der Waals surface area contributed by atoms with Gasteiger partial charge in [-0.15, -0.1) is 0 Å². The minimum Gasteiger partial charge on any atom is -0.354 e. The molecule has 144 valence electrons. The second-order valence-electron chi connectivity index (χ2n) is 7.66. The molecule has 0 aromatic heterocycles. The second-order valence-corrected chi connectivity index (χ2v) is 7.66. The molecule has 0 saturated heterocycles. The van der Waals surface area contributed by atoms with E-state index >= 15 is 0 Å². The van der Waals surface area contributed by atoms with E-state index in [2.05, 4.69) is 10.6 Å². The number of hydrogen-bond donors (Lipinski definition) is 2. The largest absolute Gasteiger partial charge is 0.354 e. The molecule has 1 aromatic carbocycles. The number of amides is 2. The van der Waals surface area contributed by atoms with Gasteiger partial charge in [-0.2, -0.15) is 0 Å². The molecule has 0 bridgehead atoms. The molecule has 1 aliphatic rings. The predicted octanol–water partition coefficient (Wildman–Crippen LogP) is 3.26. The molecule has 2 rings (SSSR count). The summed E-state index contributed by atoms with van der Waals surface area (Å²) in [5, 5.41) is 6.04. The average Bonchev–Trinajstić information content (AvgIpc) is 2.63. The molecule has 0 spiro atoms. The lowest BCUT2D eigenvalue weighted by Gasteiger charge is -2.26. The quantitative estimate of drug-likeness (QED) is 0.785. The van der Waals surface area contributed by atoms with Crippen LogP contribution in [-0.4, -0.2) is 42.9 Å². The number of carbonyl (C=O) groups is 2. The first kappa shape index (κ1) is 20.4. The average molecular weight is 360 g/mol. The van der Waals surface area contributed by atoms with Crippen LogP contribution >= 0.6 is 0 Å². The molecular weight excluding hydrogens is 326 g/mol. The minimum atomic E-state index is -0.331. The molecule has 1 saturated carbocycles. The standard InChI is InChI=1S/C21H33N3O2/c1-15-9-8-10-16(2)20(15)23-19(25)14-24(4)17(3)21(26)22-13-18-11-6-5-7-12-18/h8-10,17-18H,5-7,11-14H2,1-4H3,(H,22,26)(H,23,25)/t17-/m1/s1. The summed E-state index contributed by atoms with van der Waals surface area (Å²) in [5.74, 6) is 0.507. The Balaban J connectivity index is 1.80. The Bertz CT molecular complexity index is 603. The van der Waals surface area contributed by atoms with E-state index in [0.717, 1.165) is 23.4 Å². The van der Waals surface area contributed by atoms with E-state index in [-0.39, 0.29) is 24.4 Å². The molecule has 0 aliphatic heterocycles. The molecule has 5 heteroatoms. The Kier molecular flexibility index (Phi) is 7.64. The molecular formula is C21H33N3O2. The zero-order valence-corrected chi connectivity index (χ0v) is 16.6. The zero-order valence-electron chi connectivity index (χ0n) is 16.6. The molecule has 5 nitrogen and oxygen atoms in total. The minimum absolute atomic E-state index is 0.00190. The molecule has 1 aromatic rings. The summed E-state index contributed by atoms with van der Waals surface area (Å²) in [7, 11) is 1.81. The van der Waals surface area contributed by atoms with Crippen LogP contribution in [0.15, 0.2) is 18.2 Å². The normalized spacial score (nSPS) is 16.3. The van der Waals surface area contributed by atoms with Gasteiger partial charge in [-0.1, -0.05) is 37.5 Å². The summed E-state index contributed by atoms with van der Waals surface area (Å²) in [4.78, 5) is 26.6. The smallest absolute Gasteiger partial charge is 0.238 e. The molecule has 0 heterocycles. The van der Waals surface area contributed by atoms with Crippen molar-refractivity contribution >= 4 is 17.5 Å². The van der Waals surface area contributed by atoms with Crippen molar-refractivity contribution in [2.75, 3.05) is 25.5 Å². The van der Waals surface area contributed by atoms with Crippen LogP contribution in [0.25, 0.3) is 0 Å². The zero-order chi connectivity index (χ0) is 19.1. The molecule has 1 atom stereocenters. The van der Waals surface area contributed by atoms with E-state index in [1.54, 1.807) is 4.90 Å². The number of likely N-dealkylation sites (N-methyl/N-ethyl adjacent to an activating group) is 1. The Labute approximate surface area is 157 Å². The van der Waals surface area contributed by atoms with Gasteiger partial charge in [-0.25, -0.2) is 0 Å². The fourth-order valence-corrected chi connectivity index (χ4v) is 3.54. The third-order valence-electron chi connectivity index (χ3n) is 5.47. The van der Waals surface area contributed by atoms with E-state index in [1.165, 1.54) is 32.1 Å². The van der Waals surface area contributed by atoms with Crippen LogP contribution in [0.2, 0.25) is 0 Å². The van der Waals surface area contributed by atoms with Gasteiger partial charge in [-0.05, 0) is 57.7 Å². The van der Waals surface area contributed by atoms with Crippen molar-refractivity contribution in [1.82, 2.24) is 10.2 Å². The number of aryl methyl sites for hydroxylation is 2. The number of rotatable bonds is 7. The molecule has 0 unspecified atom stereocenters. The van der Waals surface area contributed by atoms with Gasteiger partial charge in [0.2, 0.25) is 11.8 Å². The van der Waals surface area contributed by atoms with Crippen LogP contribution in [-0.2, 0) is 9.59 Å². The molecule has 0 radical (unpaired) electrons. The fraction of sp³-hybridized carbons (Fsp3) is 0.619. The van der Waals surface area contributed by atoms with E-state index < -0.39 is 0 Å². The highest BCUT2D eigenvalue weighted by molar-refractivity contribution is 5.94. The Morgan fingerprint density at radius 3 is 2.38 bits per heavy atom. The number of benzene rings is 1. The molecule has 26 heavy (non-hydrogen) atoms. The third kappa shape index (κ3) is 5.84. The van der Waals surface area contributed by atoms with Crippen LogP contribution in [0, 0.1) is 19.8 Å². The lowest BCUT2D eigenvalue weighted by molar-refractivity contribution is -0.126. The van der Waals surface area contributed by atoms with Crippen molar-refractivity contribution in [3.8, 4) is 0 Å². The highest BCUT2D eigenvalue weighted by Crippen LogP contribution is 2.23. The van der Waals surface area contributed by atoms with Gasteiger partial charge in [0, 0.05) is 12.2 Å². The summed E-state index contributed by atoms with van der Waals surface area (Å²) in [6, 6.07) is 5.61. The summed E-state index contributed by atoms with van der Waals surface area (Å²) < 4.78 is 0. The number of anilines is 1. The highest BCUT2D eigenvalue weighted by atomic mass is 16.2. The van der Waals surface area contributed by atoms with Gasteiger partial charge in [0.1, 0.15) is 0 Å². The van der Waals surface area contributed by atoms with Crippen molar-refractivity contribution in [3.63, 3.8) is 0 Å². The number of nitrogens with zero attached hydrogens (tertiary/aromatic N) is 1. The van der Waals surface area contributed by atoms with Crippen molar-refractivity contribution < 1.29 is 9.59 Å². The maximum Gasteiger partial charge on any atom is 0.238 e. The molecule has 2 amide bonds. The van der Waals surface area contributed by atoms with Gasteiger partial charge >= 0.3 is 0 Å². The van der Waals surface area contributed by atoms with Crippen molar-refractivity contribution in [2.24, 2.45) is 5.92 Å². The topological polar surface area (TPSA) is 61.4 Å². The van der Waals surface area contributed by atoms with Crippen LogP contribution in [0.1, 0.15) is 50.2 Å². The predicted molar refractivity (Wildman–Crippen MR) is 106 cm³/mol. The van der Waals surface area contributed by atoms with Crippen LogP contribution in [0.5, 0.6) is 0 Å². The number of nitrogens with one attached hydrogen (secondary N) is 2. The number of carbonyl (C=O) groups excluding carboxylic acids is 2. The Morgan fingerprint density at radius 1 is 1.15 bits per heavy atom. The van der Waals surface area contributed by atoms with Gasteiger partial charge in [0.15, 0.2) is 0 Å². The van der Waals surface area contributed by atoms with Crippen LogP contribution < -0.4 is 10.6 Å². The third-order valence-corrected chi connectivity index (χ3v) is 5.47. The second kappa shape index (κ2) is 9.72. The van der Waals surface area contributed by atoms with Gasteiger partial charge in [0.05, 0.1) is 12.6 Å². The Hall–Kier alpha value is -1.88. The lowest BCUT2D eigenvalue weighted by Crippen LogP contribution is -2.47. The maximum absolute atomic E-state index is 12.4. The fourth-order valence-electron chi connectivity index (χ4n) is 3.54. The number of hydrogen-bond acceptors (Lipinski definition) is 3. The summed E-state index contributed by atoms with van der Waals surface area (Å²) in [6.45, 7) is 6.75. The van der Waals surface area contributed by atoms with Crippen LogP contribution in [0.4, 0.5) is 5.69 Å². The maximum atomic E-state index is 12.4. The van der Waals surface area contributed by atoms with Crippen molar-refractivity contribution in [1.29, 1.82) is 0 Å². The molecule has 2 N–H and O–H groups in total. The summed E-state index contributed by atoms with van der Waals surface area (Å²) in [6.07, 6.45) is 6.29. The monoisotopic (exact) mass is 359 g/mol. The highest BCUT2D eigenvalue weighted by Gasteiger charge is 2.22. The van der Waals surface area contributed by atoms with E-state index in [0.29, 0.717) is 5.92 Å². The Morgan fingerprint density at radius 2 is 1.77 bits per heavy atom.